The Morgan fingerprint density at radius 3 is 2.84 bits per heavy atom. The van der Waals surface area contributed by atoms with Gasteiger partial charge in [0.1, 0.15) is 5.54 Å². The molecule has 8 heteroatoms. The zero-order valence-electron chi connectivity index (χ0n) is 18.1. The first-order valence-corrected chi connectivity index (χ1v) is 13.2. The van der Waals surface area contributed by atoms with E-state index in [4.69, 9.17) is 0 Å². The number of hydrogen-bond donors (Lipinski definition) is 1. The van der Waals surface area contributed by atoms with Crippen molar-refractivity contribution < 1.29 is 4.79 Å². The number of nitrogens with zero attached hydrogens (tertiary/aromatic N) is 4. The fourth-order valence-electron chi connectivity index (χ4n) is 5.73. The quantitative estimate of drug-likeness (QED) is 0.572. The summed E-state index contributed by atoms with van der Waals surface area (Å²) in [6.07, 6.45) is 7.40. The fraction of sp³-hybridized carbons (Fsp3) is 0.652. The lowest BCUT2D eigenvalue weighted by Gasteiger charge is -2.30. The summed E-state index contributed by atoms with van der Waals surface area (Å²) in [6, 6.07) is 6.75. The Kier molecular flexibility index (Phi) is 5.59. The maximum absolute atomic E-state index is 12.7. The number of nitrogens with one attached hydrogen (secondary N) is 1. The number of aromatic nitrogens is 3. The minimum absolute atomic E-state index is 0.110. The number of hydrogen-bond acceptors (Lipinski definition) is 6. The molecule has 3 aliphatic carbocycles. The predicted octanol–water partition coefficient (Wildman–Crippen LogP) is 4.90. The molecule has 3 fully saturated rings. The van der Waals surface area contributed by atoms with E-state index in [9.17, 15) is 10.1 Å². The highest BCUT2D eigenvalue weighted by atomic mass is 32.2. The molecule has 2 heterocycles. The molecular formula is C23H29N5OS2. The summed E-state index contributed by atoms with van der Waals surface area (Å²) < 4.78 is 2.28. The average molecular weight is 456 g/mol. The van der Waals surface area contributed by atoms with Gasteiger partial charge in [0, 0.05) is 6.04 Å². The molecule has 0 aliphatic heterocycles. The summed E-state index contributed by atoms with van der Waals surface area (Å²) in [5.74, 6) is 3.66. The standard InChI is InChI=1S/C23H29N5OS2/c1-14(18-11-15-5-6-16(18)10-15)28-21(19-4-3-9-30-19)26-27-22(28)31-12-20(29)25-23(2,13-24)17-7-8-17/h3-4,9,14-18H,5-8,10-12H2,1-2H3,(H,25,29). The van der Waals surface area contributed by atoms with Crippen LogP contribution in [0.5, 0.6) is 0 Å². The molecule has 0 radical (unpaired) electrons. The second-order valence-electron chi connectivity index (χ2n) is 9.66. The van der Waals surface area contributed by atoms with Crippen LogP contribution in [0.3, 0.4) is 0 Å². The highest BCUT2D eigenvalue weighted by Crippen LogP contribution is 2.53. The smallest absolute Gasteiger partial charge is 0.231 e. The molecule has 5 atom stereocenters. The third-order valence-electron chi connectivity index (χ3n) is 7.58. The maximum Gasteiger partial charge on any atom is 0.231 e. The maximum atomic E-state index is 12.7. The van der Waals surface area contributed by atoms with Gasteiger partial charge in [0.2, 0.25) is 5.91 Å². The minimum Gasteiger partial charge on any atom is -0.337 e. The molecule has 31 heavy (non-hydrogen) atoms. The Morgan fingerprint density at radius 2 is 2.23 bits per heavy atom. The van der Waals surface area contributed by atoms with Crippen molar-refractivity contribution in [2.24, 2.45) is 23.7 Å². The van der Waals surface area contributed by atoms with Gasteiger partial charge in [-0.05, 0) is 81.1 Å². The number of carbonyl (C=O) groups is 1. The molecule has 1 N–H and O–H groups in total. The molecule has 5 unspecified atom stereocenters. The summed E-state index contributed by atoms with van der Waals surface area (Å²) >= 11 is 3.11. The van der Waals surface area contributed by atoms with E-state index in [0.717, 1.165) is 40.5 Å². The van der Waals surface area contributed by atoms with E-state index in [2.05, 4.69) is 44.5 Å². The normalized spacial score (nSPS) is 27.6. The summed E-state index contributed by atoms with van der Waals surface area (Å²) in [6.45, 7) is 4.14. The Bertz CT molecular complexity index is 992. The first kappa shape index (κ1) is 21.0. The lowest BCUT2D eigenvalue weighted by molar-refractivity contribution is -0.119. The Hall–Kier alpha value is -1.85. The van der Waals surface area contributed by atoms with Crippen molar-refractivity contribution in [2.75, 3.05) is 5.75 Å². The lowest BCUT2D eigenvalue weighted by atomic mass is 9.84. The number of amides is 1. The summed E-state index contributed by atoms with van der Waals surface area (Å²) in [5, 5.41) is 24.4. The molecule has 3 aliphatic rings. The van der Waals surface area contributed by atoms with E-state index < -0.39 is 5.54 Å². The van der Waals surface area contributed by atoms with Gasteiger partial charge in [-0.15, -0.1) is 21.5 Å². The van der Waals surface area contributed by atoms with E-state index in [-0.39, 0.29) is 17.6 Å². The van der Waals surface area contributed by atoms with Crippen LogP contribution in [0.15, 0.2) is 22.7 Å². The van der Waals surface area contributed by atoms with Gasteiger partial charge in [0.05, 0.1) is 16.7 Å². The van der Waals surface area contributed by atoms with E-state index in [1.165, 1.54) is 37.4 Å². The van der Waals surface area contributed by atoms with E-state index in [1.54, 1.807) is 11.3 Å². The first-order valence-electron chi connectivity index (χ1n) is 11.3. The summed E-state index contributed by atoms with van der Waals surface area (Å²) in [5.41, 5.74) is -0.760. The van der Waals surface area contributed by atoms with Gasteiger partial charge in [0.25, 0.3) is 0 Å². The molecule has 6 nitrogen and oxygen atoms in total. The van der Waals surface area contributed by atoms with Gasteiger partial charge < -0.3 is 5.32 Å². The molecular weight excluding hydrogens is 426 g/mol. The van der Waals surface area contributed by atoms with Crippen LogP contribution in [0.2, 0.25) is 0 Å². The van der Waals surface area contributed by atoms with Crippen molar-refractivity contribution in [3.8, 4) is 16.8 Å². The van der Waals surface area contributed by atoms with Crippen molar-refractivity contribution in [1.29, 1.82) is 5.26 Å². The lowest BCUT2D eigenvalue weighted by Crippen LogP contribution is -2.47. The fourth-order valence-corrected chi connectivity index (χ4v) is 7.26. The average Bonchev–Trinajstić information content (AvgIpc) is 3.17. The number of carbonyl (C=O) groups excluding carboxylic acids is 1. The Balaban J connectivity index is 1.35. The zero-order chi connectivity index (χ0) is 21.6. The number of rotatable bonds is 8. The van der Waals surface area contributed by atoms with Gasteiger partial charge in [-0.2, -0.15) is 5.26 Å². The van der Waals surface area contributed by atoms with Crippen molar-refractivity contribution in [1.82, 2.24) is 20.1 Å². The van der Waals surface area contributed by atoms with Crippen molar-refractivity contribution in [3.05, 3.63) is 17.5 Å². The SMILES string of the molecule is CC(C1CC2CCC1C2)n1c(SCC(=O)NC(C)(C#N)C2CC2)nnc1-c1cccs1. The Labute approximate surface area is 191 Å². The zero-order valence-corrected chi connectivity index (χ0v) is 19.7. The Morgan fingerprint density at radius 1 is 1.39 bits per heavy atom. The topological polar surface area (TPSA) is 83.6 Å². The molecule has 0 saturated heterocycles. The highest BCUT2D eigenvalue weighted by Gasteiger charge is 2.44. The number of thiophene rings is 1. The first-order chi connectivity index (χ1) is 15.0. The predicted molar refractivity (Wildman–Crippen MR) is 123 cm³/mol. The molecule has 2 aromatic heterocycles. The van der Waals surface area contributed by atoms with Crippen LogP contribution in [0.25, 0.3) is 10.7 Å². The van der Waals surface area contributed by atoms with E-state index >= 15 is 0 Å². The molecule has 1 amide bonds. The molecule has 5 rings (SSSR count). The largest absolute Gasteiger partial charge is 0.337 e. The van der Waals surface area contributed by atoms with Crippen LogP contribution in [0, 0.1) is 35.0 Å². The van der Waals surface area contributed by atoms with Crippen molar-refractivity contribution >= 4 is 29.0 Å². The molecule has 0 spiro atoms. The molecule has 164 valence electrons. The summed E-state index contributed by atoms with van der Waals surface area (Å²) in [4.78, 5) is 13.8. The summed E-state index contributed by atoms with van der Waals surface area (Å²) in [7, 11) is 0. The van der Waals surface area contributed by atoms with E-state index in [1.807, 2.05) is 13.0 Å². The number of fused-ring (bicyclic) bond motifs is 2. The molecule has 3 saturated carbocycles. The molecule has 2 aromatic rings. The number of thioether (sulfide) groups is 1. The van der Waals surface area contributed by atoms with Gasteiger partial charge in [-0.25, -0.2) is 0 Å². The number of nitriles is 1. The van der Waals surface area contributed by atoms with Crippen LogP contribution in [0.4, 0.5) is 0 Å². The monoisotopic (exact) mass is 455 g/mol. The molecule has 2 bridgehead atoms. The van der Waals surface area contributed by atoms with Crippen LogP contribution in [0.1, 0.15) is 58.4 Å². The van der Waals surface area contributed by atoms with Crippen LogP contribution >= 0.6 is 23.1 Å². The minimum atomic E-state index is -0.760. The third-order valence-corrected chi connectivity index (χ3v) is 9.39. The second kappa shape index (κ2) is 8.25. The van der Waals surface area contributed by atoms with Gasteiger partial charge in [-0.3, -0.25) is 9.36 Å². The van der Waals surface area contributed by atoms with Gasteiger partial charge >= 0.3 is 0 Å². The van der Waals surface area contributed by atoms with Crippen LogP contribution in [-0.4, -0.2) is 32.0 Å². The van der Waals surface area contributed by atoms with Gasteiger partial charge in [0.15, 0.2) is 11.0 Å². The van der Waals surface area contributed by atoms with Gasteiger partial charge in [-0.1, -0.05) is 24.2 Å². The van der Waals surface area contributed by atoms with Crippen LogP contribution < -0.4 is 5.32 Å². The van der Waals surface area contributed by atoms with Crippen molar-refractivity contribution in [3.63, 3.8) is 0 Å². The molecule has 0 aromatic carbocycles. The van der Waals surface area contributed by atoms with Crippen molar-refractivity contribution in [2.45, 2.75) is 69.1 Å². The second-order valence-corrected chi connectivity index (χ2v) is 11.5. The third kappa shape index (κ3) is 4.03. The van der Waals surface area contributed by atoms with Crippen LogP contribution in [-0.2, 0) is 4.79 Å². The van der Waals surface area contributed by atoms with E-state index in [0.29, 0.717) is 12.0 Å². The highest BCUT2D eigenvalue weighted by molar-refractivity contribution is 7.99.